The lowest BCUT2D eigenvalue weighted by atomic mass is 10.1. The van der Waals surface area contributed by atoms with Gasteiger partial charge in [0.25, 0.3) is 11.6 Å². The van der Waals surface area contributed by atoms with Gasteiger partial charge in [0, 0.05) is 11.8 Å². The van der Waals surface area contributed by atoms with Gasteiger partial charge in [-0.2, -0.15) is 5.10 Å². The first-order valence-corrected chi connectivity index (χ1v) is 6.31. The smallest absolute Gasteiger partial charge is 0.285 e. The summed E-state index contributed by atoms with van der Waals surface area (Å²) in [5.74, 6) is -1.22. The van der Waals surface area contributed by atoms with Crippen molar-refractivity contribution in [1.29, 1.82) is 0 Å². The van der Waals surface area contributed by atoms with Crippen LogP contribution in [-0.4, -0.2) is 21.0 Å². The van der Waals surface area contributed by atoms with E-state index in [4.69, 9.17) is 0 Å². The lowest BCUT2D eigenvalue weighted by molar-refractivity contribution is -0.385. The number of nitro groups is 1. The molecule has 2 N–H and O–H groups in total. The molecule has 0 spiro atoms. The van der Waals surface area contributed by atoms with Crippen molar-refractivity contribution in [2.24, 2.45) is 0 Å². The van der Waals surface area contributed by atoms with Gasteiger partial charge in [0.2, 0.25) is 0 Å². The standard InChI is InChI=1S/C13H13FN4O3/c1-2-3-9-7-12(17-16-9)15-13(19)10-5-4-8(14)6-11(10)18(20)21/h4-7H,2-3H2,1H3,(H2,15,16,17,19). The first-order valence-electron chi connectivity index (χ1n) is 6.31. The molecule has 0 fully saturated rings. The number of anilines is 1. The molecule has 8 heteroatoms. The van der Waals surface area contributed by atoms with Crippen LogP contribution in [0.5, 0.6) is 0 Å². The van der Waals surface area contributed by atoms with Crippen LogP contribution in [0, 0.1) is 15.9 Å². The molecule has 1 heterocycles. The van der Waals surface area contributed by atoms with Gasteiger partial charge in [-0.1, -0.05) is 13.3 Å². The van der Waals surface area contributed by atoms with Crippen molar-refractivity contribution in [1.82, 2.24) is 10.2 Å². The molecule has 1 aromatic heterocycles. The number of halogens is 1. The summed E-state index contributed by atoms with van der Waals surface area (Å²) in [4.78, 5) is 22.1. The van der Waals surface area contributed by atoms with E-state index in [0.29, 0.717) is 6.07 Å². The fraction of sp³-hybridized carbons (Fsp3) is 0.231. The van der Waals surface area contributed by atoms with Crippen molar-refractivity contribution in [3.05, 3.63) is 51.5 Å². The molecule has 0 radical (unpaired) electrons. The van der Waals surface area contributed by atoms with E-state index < -0.39 is 22.3 Å². The summed E-state index contributed by atoms with van der Waals surface area (Å²) >= 11 is 0. The van der Waals surface area contributed by atoms with Gasteiger partial charge >= 0.3 is 0 Å². The van der Waals surface area contributed by atoms with E-state index in [9.17, 15) is 19.3 Å². The number of hydrogen-bond acceptors (Lipinski definition) is 4. The molecule has 1 amide bonds. The highest BCUT2D eigenvalue weighted by atomic mass is 19.1. The van der Waals surface area contributed by atoms with E-state index in [-0.39, 0.29) is 11.4 Å². The molecule has 2 rings (SSSR count). The average Bonchev–Trinajstić information content (AvgIpc) is 2.86. The highest BCUT2D eigenvalue weighted by Crippen LogP contribution is 2.21. The van der Waals surface area contributed by atoms with E-state index in [0.717, 1.165) is 30.7 Å². The second-order valence-corrected chi connectivity index (χ2v) is 4.40. The van der Waals surface area contributed by atoms with Crippen molar-refractivity contribution in [3.63, 3.8) is 0 Å². The summed E-state index contributed by atoms with van der Waals surface area (Å²) in [5.41, 5.74) is 0.0414. The minimum Gasteiger partial charge on any atom is -0.305 e. The van der Waals surface area contributed by atoms with Crippen molar-refractivity contribution in [2.75, 3.05) is 5.32 Å². The molecule has 0 saturated carbocycles. The van der Waals surface area contributed by atoms with Crippen LogP contribution in [0.25, 0.3) is 0 Å². The van der Waals surface area contributed by atoms with E-state index in [2.05, 4.69) is 15.5 Å². The molecule has 0 atom stereocenters. The molecule has 0 aliphatic heterocycles. The number of aromatic amines is 1. The maximum Gasteiger partial charge on any atom is 0.285 e. The van der Waals surface area contributed by atoms with E-state index in [1.54, 1.807) is 6.07 Å². The Morgan fingerprint density at radius 2 is 2.24 bits per heavy atom. The van der Waals surface area contributed by atoms with Crippen LogP contribution in [0.2, 0.25) is 0 Å². The van der Waals surface area contributed by atoms with Gasteiger partial charge in [0.1, 0.15) is 11.4 Å². The first kappa shape index (κ1) is 14.6. The summed E-state index contributed by atoms with van der Waals surface area (Å²) in [5, 5.41) is 19.9. The number of amides is 1. The zero-order chi connectivity index (χ0) is 15.4. The average molecular weight is 292 g/mol. The first-order chi connectivity index (χ1) is 10.0. The number of nitrogens with one attached hydrogen (secondary N) is 2. The highest BCUT2D eigenvalue weighted by molar-refractivity contribution is 6.06. The van der Waals surface area contributed by atoms with Gasteiger partial charge in [-0.3, -0.25) is 20.0 Å². The number of carbonyl (C=O) groups is 1. The van der Waals surface area contributed by atoms with E-state index >= 15 is 0 Å². The number of benzene rings is 1. The van der Waals surface area contributed by atoms with Gasteiger partial charge in [-0.25, -0.2) is 4.39 Å². The van der Waals surface area contributed by atoms with Crippen LogP contribution in [0.15, 0.2) is 24.3 Å². The van der Waals surface area contributed by atoms with E-state index in [1.165, 1.54) is 0 Å². The minimum atomic E-state index is -0.801. The molecule has 2 aromatic rings. The number of nitro benzene ring substituents is 1. The number of H-pyrrole nitrogens is 1. The Morgan fingerprint density at radius 1 is 1.48 bits per heavy atom. The van der Waals surface area contributed by atoms with Gasteiger partial charge < -0.3 is 5.32 Å². The van der Waals surface area contributed by atoms with Gasteiger partial charge in [-0.05, 0) is 18.6 Å². The number of aryl methyl sites for hydroxylation is 1. The number of rotatable bonds is 5. The predicted molar refractivity (Wildman–Crippen MR) is 73.6 cm³/mol. The van der Waals surface area contributed by atoms with Crippen molar-refractivity contribution < 1.29 is 14.1 Å². The lowest BCUT2D eigenvalue weighted by Crippen LogP contribution is -2.14. The Kier molecular flexibility index (Phi) is 4.27. The van der Waals surface area contributed by atoms with Crippen molar-refractivity contribution >= 4 is 17.4 Å². The summed E-state index contributed by atoms with van der Waals surface area (Å²) in [7, 11) is 0. The summed E-state index contributed by atoms with van der Waals surface area (Å²) < 4.78 is 13.0. The third-order valence-corrected chi connectivity index (χ3v) is 2.79. The maximum absolute atomic E-state index is 13.0. The zero-order valence-corrected chi connectivity index (χ0v) is 11.2. The SMILES string of the molecule is CCCc1cc(NC(=O)c2ccc(F)cc2[N+](=O)[O-])n[nH]1. The van der Waals surface area contributed by atoms with Crippen LogP contribution in [-0.2, 0) is 6.42 Å². The Hall–Kier alpha value is -2.77. The quantitative estimate of drug-likeness (QED) is 0.653. The number of nitrogens with zero attached hydrogens (tertiary/aromatic N) is 2. The number of hydrogen-bond donors (Lipinski definition) is 2. The predicted octanol–water partition coefficient (Wildman–Crippen LogP) is 2.66. The Balaban J connectivity index is 2.21. The second kappa shape index (κ2) is 6.12. The Bertz CT molecular complexity index is 684. The molecular weight excluding hydrogens is 279 g/mol. The van der Waals surface area contributed by atoms with Crippen LogP contribution in [0.4, 0.5) is 15.9 Å². The molecule has 1 aromatic carbocycles. The van der Waals surface area contributed by atoms with Crippen LogP contribution >= 0.6 is 0 Å². The van der Waals surface area contributed by atoms with Gasteiger partial charge in [-0.15, -0.1) is 0 Å². The topological polar surface area (TPSA) is 101 Å². The van der Waals surface area contributed by atoms with Crippen LogP contribution in [0.3, 0.4) is 0 Å². The maximum atomic E-state index is 13.0. The van der Waals surface area contributed by atoms with Gasteiger partial charge in [0.05, 0.1) is 11.0 Å². The Morgan fingerprint density at radius 3 is 2.90 bits per heavy atom. The molecule has 110 valence electrons. The minimum absolute atomic E-state index is 0.221. The van der Waals surface area contributed by atoms with Crippen molar-refractivity contribution in [2.45, 2.75) is 19.8 Å². The summed E-state index contributed by atoms with van der Waals surface area (Å²) in [6, 6.07) is 4.43. The highest BCUT2D eigenvalue weighted by Gasteiger charge is 2.21. The normalized spacial score (nSPS) is 10.4. The number of aromatic nitrogens is 2. The third-order valence-electron chi connectivity index (χ3n) is 2.79. The molecule has 21 heavy (non-hydrogen) atoms. The molecular formula is C13H13FN4O3. The zero-order valence-electron chi connectivity index (χ0n) is 11.2. The number of carbonyl (C=O) groups excluding carboxylic acids is 1. The third kappa shape index (κ3) is 3.41. The summed E-state index contributed by atoms with van der Waals surface area (Å²) in [6.45, 7) is 2.00. The molecule has 0 bridgehead atoms. The molecule has 7 nitrogen and oxygen atoms in total. The van der Waals surface area contributed by atoms with Crippen molar-refractivity contribution in [3.8, 4) is 0 Å². The lowest BCUT2D eigenvalue weighted by Gasteiger charge is -2.03. The largest absolute Gasteiger partial charge is 0.305 e. The monoisotopic (exact) mass is 292 g/mol. The fourth-order valence-electron chi connectivity index (χ4n) is 1.85. The van der Waals surface area contributed by atoms with Crippen LogP contribution < -0.4 is 5.32 Å². The molecule has 0 unspecified atom stereocenters. The van der Waals surface area contributed by atoms with Gasteiger partial charge in [0.15, 0.2) is 5.82 Å². The Labute approximate surface area is 119 Å². The molecule has 0 saturated heterocycles. The molecule has 0 aliphatic rings. The van der Waals surface area contributed by atoms with Crippen LogP contribution in [0.1, 0.15) is 29.4 Å². The fourth-order valence-corrected chi connectivity index (χ4v) is 1.85. The van der Waals surface area contributed by atoms with E-state index in [1.807, 2.05) is 6.92 Å². The summed E-state index contributed by atoms with van der Waals surface area (Å²) in [6.07, 6.45) is 1.69. The molecule has 0 aliphatic carbocycles. The second-order valence-electron chi connectivity index (χ2n) is 4.40.